The van der Waals surface area contributed by atoms with Gasteiger partial charge in [0.1, 0.15) is 19.0 Å². The van der Waals surface area contributed by atoms with E-state index in [1.165, 1.54) is 10.4 Å². The lowest BCUT2D eigenvalue weighted by molar-refractivity contribution is 0.137. The van der Waals surface area contributed by atoms with Crippen molar-refractivity contribution in [1.29, 1.82) is 0 Å². The van der Waals surface area contributed by atoms with Gasteiger partial charge in [0.2, 0.25) is 0 Å². The van der Waals surface area contributed by atoms with E-state index in [1.807, 2.05) is 24.3 Å². The number of thiophene rings is 1. The van der Waals surface area contributed by atoms with Crippen molar-refractivity contribution in [2.45, 2.75) is 25.5 Å². The van der Waals surface area contributed by atoms with Crippen LogP contribution in [0, 0.1) is 0 Å². The molecule has 4 rings (SSSR count). The van der Waals surface area contributed by atoms with Crippen LogP contribution in [0.4, 0.5) is 10.1 Å². The van der Waals surface area contributed by atoms with E-state index in [4.69, 9.17) is 4.74 Å². The fourth-order valence-corrected chi connectivity index (χ4v) is 4.97. The number of aliphatic hydroxyl groups is 1. The second-order valence-electron chi connectivity index (χ2n) is 7.16. The summed E-state index contributed by atoms with van der Waals surface area (Å²) in [6, 6.07) is 14.9. The van der Waals surface area contributed by atoms with Gasteiger partial charge in [-0.1, -0.05) is 31.2 Å². The molecule has 0 amide bonds. The third-order valence-electron chi connectivity index (χ3n) is 5.27. The number of phenols is 1. The van der Waals surface area contributed by atoms with E-state index in [1.54, 1.807) is 29.5 Å². The lowest BCUT2D eigenvalue weighted by Crippen LogP contribution is -2.42. The van der Waals surface area contributed by atoms with E-state index in [9.17, 15) is 14.6 Å². The zero-order valence-corrected chi connectivity index (χ0v) is 17.0. The van der Waals surface area contributed by atoms with E-state index < -0.39 is 12.8 Å². The first kappa shape index (κ1) is 19.7. The van der Waals surface area contributed by atoms with Gasteiger partial charge in [-0.15, -0.1) is 11.3 Å². The van der Waals surface area contributed by atoms with Gasteiger partial charge in [-0.05, 0) is 47.2 Å². The van der Waals surface area contributed by atoms with Crippen LogP contribution < -0.4 is 9.64 Å². The summed E-state index contributed by atoms with van der Waals surface area (Å²) in [4.78, 5) is 3.24. The maximum Gasteiger partial charge on any atom is 0.150 e. The number of aromatic hydroxyl groups is 1. The number of aryl methyl sites for hydroxylation is 1. The molecule has 2 unspecified atom stereocenters. The minimum atomic E-state index is -1.07. The Morgan fingerprint density at radius 3 is 2.83 bits per heavy atom. The smallest absolute Gasteiger partial charge is 0.150 e. The highest BCUT2D eigenvalue weighted by molar-refractivity contribution is 7.10. The van der Waals surface area contributed by atoms with Crippen LogP contribution in [0.5, 0.6) is 11.5 Å². The monoisotopic (exact) mass is 413 g/mol. The van der Waals surface area contributed by atoms with Crippen LogP contribution in [0.15, 0.2) is 53.9 Å². The SMILES string of the molecule is CCc1ccsc1C1COc2c(-c3cccc(O)c3)cccc2N1CC(O)CF. The summed E-state index contributed by atoms with van der Waals surface area (Å²) in [6.07, 6.45) is -0.164. The number of nitrogens with zero attached hydrogens (tertiary/aromatic N) is 1. The molecule has 4 nitrogen and oxygen atoms in total. The Bertz CT molecular complexity index is 990. The molecule has 2 atom stereocenters. The Balaban J connectivity index is 1.80. The predicted molar refractivity (Wildman–Crippen MR) is 115 cm³/mol. The molecule has 2 N–H and O–H groups in total. The Labute approximate surface area is 173 Å². The molecule has 2 aromatic carbocycles. The Morgan fingerprint density at radius 1 is 1.24 bits per heavy atom. The highest BCUT2D eigenvalue weighted by atomic mass is 32.1. The van der Waals surface area contributed by atoms with Gasteiger partial charge >= 0.3 is 0 Å². The molecule has 6 heteroatoms. The zero-order chi connectivity index (χ0) is 20.4. The Morgan fingerprint density at radius 2 is 2.07 bits per heavy atom. The number of fused-ring (bicyclic) bond motifs is 1. The van der Waals surface area contributed by atoms with Gasteiger partial charge in [-0.25, -0.2) is 4.39 Å². The molecule has 0 spiro atoms. The summed E-state index contributed by atoms with van der Waals surface area (Å²) in [5.41, 5.74) is 3.77. The van der Waals surface area contributed by atoms with Crippen LogP contribution in [0.1, 0.15) is 23.4 Å². The van der Waals surface area contributed by atoms with Gasteiger partial charge in [0.15, 0.2) is 5.75 Å². The third kappa shape index (κ3) is 3.82. The number of alkyl halides is 1. The molecule has 2 heterocycles. The summed E-state index contributed by atoms with van der Waals surface area (Å²) in [5.74, 6) is 0.875. The van der Waals surface area contributed by atoms with Gasteiger partial charge < -0.3 is 19.8 Å². The van der Waals surface area contributed by atoms with Gasteiger partial charge in [-0.3, -0.25) is 0 Å². The number of para-hydroxylation sites is 1. The number of rotatable bonds is 6. The summed E-state index contributed by atoms with van der Waals surface area (Å²) >= 11 is 1.67. The van der Waals surface area contributed by atoms with Crippen molar-refractivity contribution in [1.82, 2.24) is 0 Å². The largest absolute Gasteiger partial charge is 0.508 e. The Kier molecular flexibility index (Phi) is 5.74. The predicted octanol–water partition coefficient (Wildman–Crippen LogP) is 4.95. The molecule has 0 saturated carbocycles. The number of halogens is 1. The molecule has 0 radical (unpaired) electrons. The van der Waals surface area contributed by atoms with Crippen molar-refractivity contribution in [3.05, 3.63) is 64.4 Å². The molecule has 29 heavy (non-hydrogen) atoms. The van der Waals surface area contributed by atoms with Crippen LogP contribution in [0.3, 0.4) is 0 Å². The molecule has 0 fully saturated rings. The van der Waals surface area contributed by atoms with Gasteiger partial charge in [0, 0.05) is 17.0 Å². The number of anilines is 1. The number of phenolic OH excluding ortho intramolecular Hbond substituents is 1. The summed E-state index contributed by atoms with van der Waals surface area (Å²) in [7, 11) is 0. The lowest BCUT2D eigenvalue weighted by Gasteiger charge is -2.40. The first-order valence-corrected chi connectivity index (χ1v) is 10.6. The van der Waals surface area contributed by atoms with Crippen LogP contribution in [0.25, 0.3) is 11.1 Å². The number of hydrogen-bond donors (Lipinski definition) is 2. The minimum Gasteiger partial charge on any atom is -0.508 e. The van der Waals surface area contributed by atoms with Crippen molar-refractivity contribution in [2.75, 3.05) is 24.7 Å². The van der Waals surface area contributed by atoms with E-state index in [0.29, 0.717) is 12.4 Å². The van der Waals surface area contributed by atoms with E-state index in [-0.39, 0.29) is 18.3 Å². The highest BCUT2D eigenvalue weighted by Gasteiger charge is 2.33. The van der Waals surface area contributed by atoms with Crippen LogP contribution in [-0.2, 0) is 6.42 Å². The molecule has 1 aliphatic rings. The average molecular weight is 414 g/mol. The molecule has 1 aliphatic heterocycles. The number of β-amino-alcohol motifs (C(OH)–C–C–N with tert-alkyl or cyclic N) is 1. The highest BCUT2D eigenvalue weighted by Crippen LogP contribution is 2.46. The van der Waals surface area contributed by atoms with Gasteiger partial charge in [-0.2, -0.15) is 0 Å². The summed E-state index contributed by atoms with van der Waals surface area (Å²) < 4.78 is 19.4. The van der Waals surface area contributed by atoms with Crippen molar-refractivity contribution in [2.24, 2.45) is 0 Å². The molecular formula is C23H24FNO3S. The molecular weight excluding hydrogens is 389 g/mol. The number of benzene rings is 2. The molecule has 3 aromatic rings. The average Bonchev–Trinajstić information content (AvgIpc) is 3.22. The quantitative estimate of drug-likeness (QED) is 0.600. The third-order valence-corrected chi connectivity index (χ3v) is 6.33. The van der Waals surface area contributed by atoms with Crippen LogP contribution >= 0.6 is 11.3 Å². The van der Waals surface area contributed by atoms with E-state index in [0.717, 1.165) is 23.2 Å². The first-order valence-electron chi connectivity index (χ1n) is 9.74. The van der Waals surface area contributed by atoms with Crippen molar-refractivity contribution in [3.63, 3.8) is 0 Å². The fraction of sp³-hybridized carbons (Fsp3) is 0.304. The number of ether oxygens (including phenoxy) is 1. The fourth-order valence-electron chi connectivity index (χ4n) is 3.87. The standard InChI is InChI=1S/C23H24FNO3S/c1-2-15-9-10-29-23(15)21-14-28-22-19(16-5-3-6-17(26)11-16)7-4-8-20(22)25(21)13-18(27)12-24/h3-11,18,21,26-27H,2,12-14H2,1H3. The molecule has 152 valence electrons. The molecule has 0 bridgehead atoms. The maximum absolute atomic E-state index is 13.2. The van der Waals surface area contributed by atoms with Crippen molar-refractivity contribution in [3.8, 4) is 22.6 Å². The second kappa shape index (κ2) is 8.43. The topological polar surface area (TPSA) is 52.9 Å². The number of hydrogen-bond acceptors (Lipinski definition) is 5. The van der Waals surface area contributed by atoms with Crippen molar-refractivity contribution < 1.29 is 19.3 Å². The minimum absolute atomic E-state index is 0.0851. The van der Waals surface area contributed by atoms with Crippen molar-refractivity contribution >= 4 is 17.0 Å². The molecule has 1 aromatic heterocycles. The molecule has 0 saturated heterocycles. The zero-order valence-electron chi connectivity index (χ0n) is 16.2. The Hall–Kier alpha value is -2.57. The van der Waals surface area contributed by atoms with Crippen LogP contribution in [0.2, 0.25) is 0 Å². The second-order valence-corrected chi connectivity index (χ2v) is 8.10. The number of aliphatic hydroxyl groups excluding tert-OH is 1. The lowest BCUT2D eigenvalue weighted by atomic mass is 9.99. The van der Waals surface area contributed by atoms with E-state index in [2.05, 4.69) is 23.3 Å². The normalized spacial score (nSPS) is 16.9. The first-order chi connectivity index (χ1) is 14.1. The van der Waals surface area contributed by atoms with Crippen LogP contribution in [-0.4, -0.2) is 36.1 Å². The van der Waals surface area contributed by atoms with Gasteiger partial charge in [0.25, 0.3) is 0 Å². The molecule has 0 aliphatic carbocycles. The van der Waals surface area contributed by atoms with E-state index >= 15 is 0 Å². The summed E-state index contributed by atoms with van der Waals surface area (Å²) in [6.45, 7) is 1.91. The van der Waals surface area contributed by atoms with Gasteiger partial charge in [0.05, 0.1) is 17.8 Å². The summed E-state index contributed by atoms with van der Waals surface area (Å²) in [5, 5.41) is 22.1. The maximum atomic E-state index is 13.2.